The number of aromatic nitrogens is 1. The van der Waals surface area contributed by atoms with E-state index in [2.05, 4.69) is 6.07 Å². The minimum atomic E-state index is -0.143. The first kappa shape index (κ1) is 17.8. The van der Waals surface area contributed by atoms with Gasteiger partial charge in [-0.05, 0) is 19.1 Å². The van der Waals surface area contributed by atoms with E-state index < -0.39 is 0 Å². The number of carbonyl (C=O) groups is 1. The molecule has 1 fully saturated rings. The van der Waals surface area contributed by atoms with Gasteiger partial charge in [0.05, 0.1) is 5.69 Å². The monoisotopic (exact) mass is 421 g/mol. The number of nitrogens with zero attached hydrogens (tertiary/aromatic N) is 3. The number of amides is 1. The van der Waals surface area contributed by atoms with Crippen LogP contribution in [0.25, 0.3) is 9.93 Å². The maximum absolute atomic E-state index is 13.1. The van der Waals surface area contributed by atoms with E-state index >= 15 is 0 Å². The molecule has 0 unspecified atom stereocenters. The lowest BCUT2D eigenvalue weighted by Gasteiger charge is -2.11. The first-order valence-electron chi connectivity index (χ1n) is 7.92. The summed E-state index contributed by atoms with van der Waals surface area (Å²) in [6, 6.07) is 8.08. The van der Waals surface area contributed by atoms with E-state index in [-0.39, 0.29) is 11.5 Å². The van der Waals surface area contributed by atoms with E-state index in [1.54, 1.807) is 23.4 Å². The lowest BCUT2D eigenvalue weighted by molar-refractivity contribution is -0.119. The molecule has 1 amide bonds. The molecule has 0 radical (unpaired) electrons. The number of thiocarbonyl (C=S) groups is 1. The van der Waals surface area contributed by atoms with Crippen LogP contribution >= 0.6 is 47.1 Å². The molecule has 9 heteroatoms. The second-order valence-electron chi connectivity index (χ2n) is 5.78. The Morgan fingerprint density at radius 2 is 1.81 bits per heavy atom. The van der Waals surface area contributed by atoms with Crippen LogP contribution in [-0.4, -0.2) is 33.8 Å². The van der Waals surface area contributed by atoms with Crippen molar-refractivity contribution in [3.05, 3.63) is 43.8 Å². The second kappa shape index (κ2) is 6.56. The molecule has 1 aromatic carbocycles. The van der Waals surface area contributed by atoms with Crippen molar-refractivity contribution in [3.8, 4) is 0 Å². The van der Waals surface area contributed by atoms with Gasteiger partial charge in [0.25, 0.3) is 11.5 Å². The third-order valence-corrected chi connectivity index (χ3v) is 8.52. The normalized spacial score (nSPS) is 21.0. The molecule has 4 rings (SSSR count). The van der Waals surface area contributed by atoms with Crippen LogP contribution < -0.4 is 19.7 Å². The molecular weight excluding hydrogens is 406 g/mol. The Labute approximate surface area is 168 Å². The van der Waals surface area contributed by atoms with Gasteiger partial charge < -0.3 is 4.90 Å². The summed E-state index contributed by atoms with van der Waals surface area (Å²) in [4.78, 5) is 30.7. The molecule has 0 N–H and O–H groups in total. The zero-order valence-electron chi connectivity index (χ0n) is 14.3. The van der Waals surface area contributed by atoms with Crippen molar-refractivity contribution in [2.75, 3.05) is 19.0 Å². The molecule has 134 valence electrons. The SMILES string of the molecule is CCn1c(=O)/c(=C2/Sc3ccccc3N2C)s/c1=C1/SC(=S)N(C)C1=O. The number of benzene rings is 1. The number of carbonyl (C=O) groups excluding carboxylic acids is 1. The Kier molecular flexibility index (Phi) is 4.50. The van der Waals surface area contributed by atoms with E-state index in [0.29, 0.717) is 25.0 Å². The molecule has 1 aromatic heterocycles. The lowest BCUT2D eigenvalue weighted by atomic mass is 10.3. The fourth-order valence-electron chi connectivity index (χ4n) is 2.87. The Bertz CT molecular complexity index is 1130. The largest absolute Gasteiger partial charge is 0.337 e. The van der Waals surface area contributed by atoms with Gasteiger partial charge >= 0.3 is 0 Å². The van der Waals surface area contributed by atoms with Gasteiger partial charge in [-0.3, -0.25) is 19.1 Å². The minimum Gasteiger partial charge on any atom is -0.337 e. The predicted molar refractivity (Wildman–Crippen MR) is 114 cm³/mol. The molecule has 0 aliphatic carbocycles. The summed E-state index contributed by atoms with van der Waals surface area (Å²) in [6.07, 6.45) is 0. The van der Waals surface area contributed by atoms with Gasteiger partial charge in [-0.25, -0.2) is 0 Å². The van der Waals surface area contributed by atoms with Crippen LogP contribution in [0.2, 0.25) is 0 Å². The second-order valence-corrected chi connectivity index (χ2v) is 9.45. The van der Waals surface area contributed by atoms with Crippen LogP contribution in [0.3, 0.4) is 0 Å². The highest BCUT2D eigenvalue weighted by Crippen LogP contribution is 2.45. The number of fused-ring (bicyclic) bond motifs is 1. The summed E-state index contributed by atoms with van der Waals surface area (Å²) in [5, 5.41) is 0.904. The number of hydrogen-bond acceptors (Lipinski definition) is 7. The number of rotatable bonds is 1. The van der Waals surface area contributed by atoms with Crippen LogP contribution in [0, 0.1) is 0 Å². The molecule has 3 heterocycles. The zero-order valence-corrected chi connectivity index (χ0v) is 17.6. The average molecular weight is 422 g/mol. The van der Waals surface area contributed by atoms with Crippen molar-refractivity contribution >= 4 is 72.9 Å². The van der Waals surface area contributed by atoms with Gasteiger partial charge in [-0.1, -0.05) is 47.9 Å². The standard InChI is InChI=1S/C17H15N3O2S4/c1-4-20-14(22)12(15-18(2)9-7-5-6-8-10(9)24-15)25-16(20)11-13(21)19(3)17(23)26-11/h5-8H,4H2,1-3H3/b15-12-,16-11+. The van der Waals surface area contributed by atoms with Crippen LogP contribution in [0.1, 0.15) is 6.92 Å². The van der Waals surface area contributed by atoms with E-state index in [4.69, 9.17) is 12.2 Å². The highest BCUT2D eigenvalue weighted by Gasteiger charge is 2.32. The van der Waals surface area contributed by atoms with Gasteiger partial charge in [0.15, 0.2) is 0 Å². The molecule has 0 spiro atoms. The zero-order chi connectivity index (χ0) is 18.6. The molecule has 0 saturated carbocycles. The fourth-order valence-corrected chi connectivity index (χ4v) is 6.72. The van der Waals surface area contributed by atoms with Crippen LogP contribution in [0.15, 0.2) is 34.0 Å². The number of anilines is 1. The van der Waals surface area contributed by atoms with E-state index in [9.17, 15) is 9.59 Å². The molecule has 0 atom stereocenters. The number of para-hydroxylation sites is 1. The van der Waals surface area contributed by atoms with Crippen molar-refractivity contribution in [2.24, 2.45) is 0 Å². The number of thioether (sulfide) groups is 2. The third-order valence-electron chi connectivity index (χ3n) is 4.29. The topological polar surface area (TPSA) is 45.6 Å². The maximum atomic E-state index is 13.1. The van der Waals surface area contributed by atoms with Gasteiger partial charge in [0.1, 0.15) is 23.4 Å². The van der Waals surface area contributed by atoms with E-state index in [1.165, 1.54) is 28.0 Å². The van der Waals surface area contributed by atoms with E-state index in [0.717, 1.165) is 15.6 Å². The predicted octanol–water partition coefficient (Wildman–Crippen LogP) is 1.84. The van der Waals surface area contributed by atoms with Crippen LogP contribution in [0.4, 0.5) is 5.69 Å². The first-order valence-corrected chi connectivity index (χ1v) is 10.8. The Morgan fingerprint density at radius 1 is 1.08 bits per heavy atom. The van der Waals surface area contributed by atoms with Gasteiger partial charge in [0.2, 0.25) is 0 Å². The van der Waals surface area contributed by atoms with Crippen LogP contribution in [-0.2, 0) is 11.3 Å². The Balaban J connectivity index is 2.01. The Hall–Kier alpha value is -1.55. The van der Waals surface area contributed by atoms with E-state index in [1.807, 2.05) is 37.1 Å². The lowest BCUT2D eigenvalue weighted by Crippen LogP contribution is -2.34. The summed E-state index contributed by atoms with van der Waals surface area (Å²) in [7, 11) is 3.63. The summed E-state index contributed by atoms with van der Waals surface area (Å²) in [5.41, 5.74) is 1.03. The number of thiazole rings is 1. The molecule has 2 aliphatic heterocycles. The van der Waals surface area contributed by atoms with Crippen molar-refractivity contribution in [2.45, 2.75) is 18.4 Å². The smallest absolute Gasteiger partial charge is 0.271 e. The van der Waals surface area contributed by atoms with Gasteiger partial charge in [-0.2, -0.15) is 0 Å². The molecular formula is C17H15N3O2S4. The molecule has 1 saturated heterocycles. The van der Waals surface area contributed by atoms with Crippen molar-refractivity contribution < 1.29 is 4.79 Å². The van der Waals surface area contributed by atoms with Crippen molar-refractivity contribution in [1.82, 2.24) is 9.47 Å². The maximum Gasteiger partial charge on any atom is 0.271 e. The van der Waals surface area contributed by atoms with Crippen LogP contribution in [0.5, 0.6) is 0 Å². The molecule has 5 nitrogen and oxygen atoms in total. The quantitative estimate of drug-likeness (QED) is 0.655. The molecule has 2 aliphatic rings. The average Bonchev–Trinajstić information content (AvgIpc) is 3.23. The highest BCUT2D eigenvalue weighted by atomic mass is 32.2. The summed E-state index contributed by atoms with van der Waals surface area (Å²) >= 11 is 9.46. The molecule has 26 heavy (non-hydrogen) atoms. The highest BCUT2D eigenvalue weighted by molar-refractivity contribution is 8.30. The van der Waals surface area contributed by atoms with Crippen molar-refractivity contribution in [1.29, 1.82) is 0 Å². The molecule has 0 bridgehead atoms. The third kappa shape index (κ3) is 2.57. The fraction of sp³-hybridized carbons (Fsp3) is 0.235. The Morgan fingerprint density at radius 3 is 2.42 bits per heavy atom. The number of hydrogen-bond donors (Lipinski definition) is 0. The summed E-state index contributed by atoms with van der Waals surface area (Å²) in [6.45, 7) is 2.42. The van der Waals surface area contributed by atoms with Crippen molar-refractivity contribution in [3.63, 3.8) is 0 Å². The van der Waals surface area contributed by atoms with Gasteiger partial charge in [0, 0.05) is 25.5 Å². The first-order chi connectivity index (χ1) is 12.4. The summed E-state index contributed by atoms with van der Waals surface area (Å²) < 4.78 is 3.54. The summed E-state index contributed by atoms with van der Waals surface area (Å²) in [5.74, 6) is -0.143. The molecule has 2 aromatic rings. The van der Waals surface area contributed by atoms with Gasteiger partial charge in [-0.15, -0.1) is 11.3 Å². The minimum absolute atomic E-state index is 0.0592.